The second-order valence-electron chi connectivity index (χ2n) is 4.96. The van der Waals surface area contributed by atoms with Gasteiger partial charge in [-0.05, 0) is 47.9 Å². The number of nitriles is 1. The van der Waals surface area contributed by atoms with E-state index in [2.05, 4.69) is 10.8 Å². The molecule has 0 radical (unpaired) electrons. The van der Waals surface area contributed by atoms with Gasteiger partial charge in [0.05, 0.1) is 24.5 Å². The predicted octanol–water partition coefficient (Wildman–Crippen LogP) is 3.12. The zero-order valence-corrected chi connectivity index (χ0v) is 13.9. The lowest BCUT2D eigenvalue weighted by Gasteiger charge is -2.12. The molecule has 0 bridgehead atoms. The van der Waals surface area contributed by atoms with E-state index in [1.54, 1.807) is 43.5 Å². The fourth-order valence-corrected chi connectivity index (χ4v) is 3.30. The smallest absolute Gasteiger partial charge is 0.261 e. The van der Waals surface area contributed by atoms with E-state index in [1.165, 1.54) is 6.07 Å². The number of ether oxygens (including phenoxy) is 1. The minimum atomic E-state index is -3.67. The molecule has 0 aliphatic rings. The largest absolute Gasteiger partial charge is 0.496 e. The highest BCUT2D eigenvalue weighted by Gasteiger charge is 2.16. The maximum Gasteiger partial charge on any atom is 0.261 e. The molecule has 0 heterocycles. The fourth-order valence-electron chi connectivity index (χ4n) is 2.19. The Balaban J connectivity index is 2.26. The highest BCUT2D eigenvalue weighted by Crippen LogP contribution is 2.24. The van der Waals surface area contributed by atoms with Crippen LogP contribution in [0, 0.1) is 11.3 Å². The summed E-state index contributed by atoms with van der Waals surface area (Å²) in [6.45, 7) is 1.94. The van der Waals surface area contributed by atoms with Crippen molar-refractivity contribution in [3.8, 4) is 11.8 Å². The Morgan fingerprint density at radius 2 is 1.87 bits per heavy atom. The molecule has 23 heavy (non-hydrogen) atoms. The second kappa shape index (κ2) is 7.16. The Morgan fingerprint density at radius 1 is 1.17 bits per heavy atom. The monoisotopic (exact) mass is 330 g/mol. The first-order valence-electron chi connectivity index (χ1n) is 7.15. The van der Waals surface area contributed by atoms with Gasteiger partial charge in [0.15, 0.2) is 0 Å². The molecular weight excluding hydrogens is 312 g/mol. The van der Waals surface area contributed by atoms with Crippen LogP contribution >= 0.6 is 0 Å². The molecule has 0 amide bonds. The molecule has 2 aromatic carbocycles. The van der Waals surface area contributed by atoms with Gasteiger partial charge in [-0.25, -0.2) is 8.42 Å². The van der Waals surface area contributed by atoms with E-state index in [0.29, 0.717) is 24.3 Å². The van der Waals surface area contributed by atoms with Crippen molar-refractivity contribution in [1.82, 2.24) is 0 Å². The molecule has 0 aliphatic carbocycles. The highest BCUT2D eigenvalue weighted by atomic mass is 32.2. The lowest BCUT2D eigenvalue weighted by Crippen LogP contribution is -2.13. The molecule has 0 unspecified atom stereocenters. The van der Waals surface area contributed by atoms with Gasteiger partial charge in [-0.1, -0.05) is 19.1 Å². The van der Waals surface area contributed by atoms with Crippen LogP contribution in [0.4, 0.5) is 5.69 Å². The number of benzene rings is 2. The molecule has 2 rings (SSSR count). The zero-order valence-electron chi connectivity index (χ0n) is 13.0. The van der Waals surface area contributed by atoms with E-state index >= 15 is 0 Å². The molecule has 2 aromatic rings. The molecule has 0 atom stereocenters. The Bertz CT molecular complexity index is 822. The number of nitrogens with one attached hydrogen (secondary N) is 1. The van der Waals surface area contributed by atoms with Gasteiger partial charge in [0.2, 0.25) is 0 Å². The van der Waals surface area contributed by atoms with Crippen molar-refractivity contribution in [3.05, 3.63) is 53.6 Å². The second-order valence-corrected chi connectivity index (χ2v) is 6.65. The number of rotatable bonds is 6. The summed E-state index contributed by atoms with van der Waals surface area (Å²) >= 11 is 0. The van der Waals surface area contributed by atoms with Crippen molar-refractivity contribution in [2.45, 2.75) is 24.7 Å². The third-order valence-electron chi connectivity index (χ3n) is 3.43. The van der Waals surface area contributed by atoms with Gasteiger partial charge in [-0.2, -0.15) is 5.26 Å². The molecule has 0 aromatic heterocycles. The number of hydrogen-bond acceptors (Lipinski definition) is 4. The van der Waals surface area contributed by atoms with Gasteiger partial charge in [0.1, 0.15) is 5.75 Å². The van der Waals surface area contributed by atoms with E-state index in [0.717, 1.165) is 11.1 Å². The summed E-state index contributed by atoms with van der Waals surface area (Å²) in [5.41, 5.74) is 2.13. The molecule has 6 heteroatoms. The Kier molecular flexibility index (Phi) is 5.24. The minimum absolute atomic E-state index is 0.191. The third kappa shape index (κ3) is 4.02. The average molecular weight is 330 g/mol. The van der Waals surface area contributed by atoms with Gasteiger partial charge in [-0.3, -0.25) is 4.72 Å². The average Bonchev–Trinajstić information content (AvgIpc) is 2.56. The summed E-state index contributed by atoms with van der Waals surface area (Å²) in [6.07, 6.45) is 0.973. The Hall–Kier alpha value is -2.52. The quantitative estimate of drug-likeness (QED) is 0.882. The van der Waals surface area contributed by atoms with Crippen molar-refractivity contribution < 1.29 is 13.2 Å². The van der Waals surface area contributed by atoms with Crippen molar-refractivity contribution >= 4 is 15.7 Å². The van der Waals surface area contributed by atoms with Gasteiger partial charge < -0.3 is 4.74 Å². The number of aryl methyl sites for hydroxylation is 1. The van der Waals surface area contributed by atoms with Crippen LogP contribution in [0.5, 0.6) is 5.75 Å². The van der Waals surface area contributed by atoms with E-state index in [9.17, 15) is 8.42 Å². The summed E-state index contributed by atoms with van der Waals surface area (Å²) in [4.78, 5) is 0.191. The summed E-state index contributed by atoms with van der Waals surface area (Å²) in [5, 5.41) is 8.64. The van der Waals surface area contributed by atoms with Crippen molar-refractivity contribution in [2.24, 2.45) is 0 Å². The van der Waals surface area contributed by atoms with E-state index in [4.69, 9.17) is 10.00 Å². The Morgan fingerprint density at radius 3 is 2.43 bits per heavy atom. The van der Waals surface area contributed by atoms with Gasteiger partial charge in [-0.15, -0.1) is 0 Å². The molecule has 120 valence electrons. The Labute approximate surface area is 136 Å². The highest BCUT2D eigenvalue weighted by molar-refractivity contribution is 7.92. The molecule has 0 fully saturated rings. The van der Waals surface area contributed by atoms with Crippen LogP contribution in [0.2, 0.25) is 0 Å². The summed E-state index contributed by atoms with van der Waals surface area (Å²) < 4.78 is 32.7. The van der Waals surface area contributed by atoms with Crippen LogP contribution in [0.15, 0.2) is 47.4 Å². The van der Waals surface area contributed by atoms with Crippen LogP contribution in [0.25, 0.3) is 0 Å². The number of sulfonamides is 1. The summed E-state index contributed by atoms with van der Waals surface area (Å²) in [6, 6.07) is 13.6. The lowest BCUT2D eigenvalue weighted by molar-refractivity contribution is 0.409. The summed E-state index contributed by atoms with van der Waals surface area (Å²) in [5.74, 6) is 0.673. The third-order valence-corrected chi connectivity index (χ3v) is 4.81. The minimum Gasteiger partial charge on any atom is -0.496 e. The van der Waals surface area contributed by atoms with Crippen LogP contribution < -0.4 is 9.46 Å². The van der Waals surface area contributed by atoms with Crippen molar-refractivity contribution in [1.29, 1.82) is 5.26 Å². The van der Waals surface area contributed by atoms with Crippen LogP contribution in [-0.4, -0.2) is 15.5 Å². The first kappa shape index (κ1) is 16.8. The first-order chi connectivity index (χ1) is 11.0. The topological polar surface area (TPSA) is 79.2 Å². The number of nitrogens with zero attached hydrogens (tertiary/aromatic N) is 1. The lowest BCUT2D eigenvalue weighted by atomic mass is 10.1. The standard InChI is InChI=1S/C17H18N2O3S/c1-3-14-12-16(8-9-17(14)22-2)23(20,21)19-15-6-4-13(5-7-15)10-11-18/h4-9,12,19H,3,10H2,1-2H3. The van der Waals surface area contributed by atoms with Crippen molar-refractivity contribution in [2.75, 3.05) is 11.8 Å². The normalized spacial score (nSPS) is 10.8. The first-order valence-corrected chi connectivity index (χ1v) is 8.64. The maximum absolute atomic E-state index is 12.5. The van der Waals surface area contributed by atoms with E-state index in [1.807, 2.05) is 6.92 Å². The number of methoxy groups -OCH3 is 1. The molecule has 0 aliphatic heterocycles. The fraction of sp³-hybridized carbons (Fsp3) is 0.235. The van der Waals surface area contributed by atoms with Gasteiger partial charge in [0.25, 0.3) is 10.0 Å². The predicted molar refractivity (Wildman–Crippen MR) is 88.9 cm³/mol. The number of hydrogen-bond donors (Lipinski definition) is 1. The van der Waals surface area contributed by atoms with Crippen LogP contribution in [0.3, 0.4) is 0 Å². The van der Waals surface area contributed by atoms with Crippen LogP contribution in [0.1, 0.15) is 18.1 Å². The van der Waals surface area contributed by atoms with Gasteiger partial charge >= 0.3 is 0 Å². The molecule has 0 saturated heterocycles. The molecule has 5 nitrogen and oxygen atoms in total. The molecular formula is C17H18N2O3S. The molecule has 0 saturated carbocycles. The zero-order chi connectivity index (χ0) is 16.9. The van der Waals surface area contributed by atoms with Crippen LogP contribution in [-0.2, 0) is 22.9 Å². The van der Waals surface area contributed by atoms with Gasteiger partial charge in [0, 0.05) is 5.69 Å². The number of anilines is 1. The SMILES string of the molecule is CCc1cc(S(=O)(=O)Nc2ccc(CC#N)cc2)ccc1OC. The maximum atomic E-state index is 12.5. The van der Waals surface area contributed by atoms with E-state index < -0.39 is 10.0 Å². The molecule has 1 N–H and O–H groups in total. The summed E-state index contributed by atoms with van der Waals surface area (Å²) in [7, 11) is -2.11. The van der Waals surface area contributed by atoms with Crippen molar-refractivity contribution in [3.63, 3.8) is 0 Å². The van der Waals surface area contributed by atoms with E-state index in [-0.39, 0.29) is 4.90 Å². The molecule has 0 spiro atoms.